The molecule has 6 rings (SSSR count). The van der Waals surface area contributed by atoms with E-state index < -0.39 is 35.6 Å². The lowest BCUT2D eigenvalue weighted by molar-refractivity contribution is -0.147. The number of hydrogen-bond acceptors (Lipinski definition) is 4. The van der Waals surface area contributed by atoms with Crippen LogP contribution in [0.15, 0.2) is 72.8 Å². The molecule has 3 aromatic carbocycles. The Morgan fingerprint density at radius 2 is 1.41 bits per heavy atom. The molecule has 4 atom stereocenters. The Morgan fingerprint density at radius 3 is 2.00 bits per heavy atom. The quantitative estimate of drug-likeness (QED) is 0.448. The van der Waals surface area contributed by atoms with Crippen molar-refractivity contribution in [2.24, 2.45) is 11.8 Å². The first-order valence-electron chi connectivity index (χ1n) is 14.3. The summed E-state index contributed by atoms with van der Waals surface area (Å²) < 4.78 is 28.2. The normalized spacial score (nSPS) is 24.4. The molecule has 2 amide bonds. The van der Waals surface area contributed by atoms with Crippen LogP contribution in [0.4, 0.5) is 8.78 Å². The van der Waals surface area contributed by atoms with Crippen LogP contribution in [0.5, 0.6) is 0 Å². The highest BCUT2D eigenvalue weighted by Crippen LogP contribution is 2.53. The average molecular weight is 558 g/mol. The van der Waals surface area contributed by atoms with Crippen molar-refractivity contribution in [2.75, 3.05) is 26.2 Å². The van der Waals surface area contributed by atoms with Crippen LogP contribution >= 0.6 is 0 Å². The lowest BCUT2D eigenvalue weighted by Gasteiger charge is -2.36. The molecule has 2 aliphatic heterocycles. The number of aryl methyl sites for hydroxylation is 1. The number of carbonyl (C=O) groups excluding carboxylic acids is 3. The Kier molecular flexibility index (Phi) is 7.43. The maximum Gasteiger partial charge on any atom is 0.246 e. The summed E-state index contributed by atoms with van der Waals surface area (Å²) >= 11 is 0. The molecule has 2 heterocycles. The average Bonchev–Trinajstić information content (AvgIpc) is 3.78. The van der Waals surface area contributed by atoms with Crippen LogP contribution in [0, 0.1) is 30.4 Å². The summed E-state index contributed by atoms with van der Waals surface area (Å²) in [4.78, 5) is 46.6. The van der Waals surface area contributed by atoms with E-state index in [1.54, 1.807) is 40.1 Å². The summed E-state index contributed by atoms with van der Waals surface area (Å²) in [5.74, 6) is -3.27. The molecule has 6 nitrogen and oxygen atoms in total. The molecule has 1 saturated carbocycles. The number of ketones is 1. The molecule has 3 aliphatic rings. The number of hydrogen-bond donors (Lipinski definition) is 1. The Hall–Kier alpha value is -3.91. The molecule has 3 aromatic rings. The van der Waals surface area contributed by atoms with Crippen molar-refractivity contribution in [2.45, 2.75) is 37.8 Å². The van der Waals surface area contributed by atoms with Gasteiger partial charge in [0.05, 0.1) is 12.0 Å². The van der Waals surface area contributed by atoms with Crippen molar-refractivity contribution in [3.63, 3.8) is 0 Å². The molecular formula is C33H33F2N3O3. The van der Waals surface area contributed by atoms with Crippen molar-refractivity contribution in [1.82, 2.24) is 15.1 Å². The highest BCUT2D eigenvalue weighted by molar-refractivity contribution is 6.02. The SMILES string of the molecule is Cc1cccc(C(=O)C2C(c3ccc(F)cc3)C(C(=O)N3CCNCC3)N(C(=O)C3CC3)C2c2ccc(F)cc2)c1. The molecule has 0 bridgehead atoms. The molecule has 8 heteroatoms. The summed E-state index contributed by atoms with van der Waals surface area (Å²) in [6.07, 6.45) is 1.44. The van der Waals surface area contributed by atoms with E-state index >= 15 is 0 Å². The molecule has 3 fully saturated rings. The van der Waals surface area contributed by atoms with E-state index in [2.05, 4.69) is 5.32 Å². The minimum Gasteiger partial charge on any atom is -0.338 e. The molecule has 0 radical (unpaired) electrons. The third kappa shape index (κ3) is 5.28. The van der Waals surface area contributed by atoms with E-state index in [0.717, 1.165) is 18.4 Å². The maximum absolute atomic E-state index is 14.6. The number of benzene rings is 3. The standard InChI is InChI=1S/C33H33F2N3O3/c1-20-3-2-4-24(19-20)31(39)28-27(21-7-11-25(34)12-8-21)30(33(41)37-17-15-36-16-18-37)38(32(40)23-5-6-23)29(28)22-9-13-26(35)14-10-22/h2-4,7-14,19,23,27-30,36H,5-6,15-18H2,1H3. The summed E-state index contributed by atoms with van der Waals surface area (Å²) in [7, 11) is 0. The number of Topliss-reactive ketones (excluding diaryl/α,β-unsaturated/α-hetero) is 1. The fourth-order valence-electron chi connectivity index (χ4n) is 6.47. The summed E-state index contributed by atoms with van der Waals surface area (Å²) in [6.45, 7) is 4.12. The van der Waals surface area contributed by atoms with Crippen molar-refractivity contribution in [3.05, 3.63) is 107 Å². The Labute approximate surface area is 238 Å². The van der Waals surface area contributed by atoms with Gasteiger partial charge < -0.3 is 15.1 Å². The van der Waals surface area contributed by atoms with Crippen molar-refractivity contribution in [3.8, 4) is 0 Å². The van der Waals surface area contributed by atoms with Crippen LogP contribution in [0.3, 0.4) is 0 Å². The largest absolute Gasteiger partial charge is 0.338 e. The second-order valence-electron chi connectivity index (χ2n) is 11.4. The topological polar surface area (TPSA) is 69.7 Å². The van der Waals surface area contributed by atoms with Crippen LogP contribution in [0.25, 0.3) is 0 Å². The van der Waals surface area contributed by atoms with Gasteiger partial charge in [0.25, 0.3) is 0 Å². The predicted octanol–water partition coefficient (Wildman–Crippen LogP) is 4.65. The van der Waals surface area contributed by atoms with E-state index in [1.807, 2.05) is 25.1 Å². The lowest BCUT2D eigenvalue weighted by atomic mass is 9.75. The van der Waals surface area contributed by atoms with Gasteiger partial charge in [-0.15, -0.1) is 0 Å². The highest BCUT2D eigenvalue weighted by Gasteiger charge is 2.59. The fourth-order valence-corrected chi connectivity index (χ4v) is 6.47. The van der Waals surface area contributed by atoms with Gasteiger partial charge in [-0.05, 0) is 61.2 Å². The van der Waals surface area contributed by atoms with Gasteiger partial charge in [-0.25, -0.2) is 8.78 Å². The Bertz CT molecular complexity index is 1450. The molecule has 2 saturated heterocycles. The minimum atomic E-state index is -0.972. The third-order valence-electron chi connectivity index (χ3n) is 8.60. The number of amides is 2. The predicted molar refractivity (Wildman–Crippen MR) is 150 cm³/mol. The summed E-state index contributed by atoms with van der Waals surface area (Å²) in [6, 6.07) is 17.2. The number of halogens is 2. The number of nitrogens with zero attached hydrogens (tertiary/aromatic N) is 2. The second-order valence-corrected chi connectivity index (χ2v) is 11.4. The smallest absolute Gasteiger partial charge is 0.246 e. The molecule has 4 unspecified atom stereocenters. The van der Waals surface area contributed by atoms with Crippen molar-refractivity contribution in [1.29, 1.82) is 0 Å². The van der Waals surface area contributed by atoms with Crippen LogP contribution in [0.2, 0.25) is 0 Å². The zero-order valence-corrected chi connectivity index (χ0v) is 22.9. The lowest BCUT2D eigenvalue weighted by Crippen LogP contribution is -2.55. The van der Waals surface area contributed by atoms with Crippen LogP contribution in [-0.4, -0.2) is 59.6 Å². The Balaban J connectivity index is 1.58. The van der Waals surface area contributed by atoms with Crippen LogP contribution in [0.1, 0.15) is 51.8 Å². The zero-order valence-electron chi connectivity index (χ0n) is 22.9. The molecule has 0 aromatic heterocycles. The first-order valence-corrected chi connectivity index (χ1v) is 14.3. The summed E-state index contributed by atoms with van der Waals surface area (Å²) in [5, 5.41) is 3.26. The number of nitrogens with one attached hydrogen (secondary N) is 1. The van der Waals surface area contributed by atoms with Gasteiger partial charge in [-0.1, -0.05) is 48.0 Å². The molecule has 1 N–H and O–H groups in total. The number of piperazine rings is 1. The van der Waals surface area contributed by atoms with E-state index in [1.165, 1.54) is 24.3 Å². The molecule has 212 valence electrons. The molecule has 0 spiro atoms. The van der Waals surface area contributed by atoms with Crippen LogP contribution in [-0.2, 0) is 9.59 Å². The first-order chi connectivity index (χ1) is 19.8. The Morgan fingerprint density at radius 1 is 0.805 bits per heavy atom. The van der Waals surface area contributed by atoms with E-state index in [0.29, 0.717) is 42.9 Å². The maximum atomic E-state index is 14.6. The van der Waals surface area contributed by atoms with Gasteiger partial charge in [0, 0.05) is 43.6 Å². The van der Waals surface area contributed by atoms with Gasteiger partial charge >= 0.3 is 0 Å². The fraction of sp³-hybridized carbons (Fsp3) is 0.364. The third-order valence-corrected chi connectivity index (χ3v) is 8.60. The number of rotatable bonds is 6. The van der Waals surface area contributed by atoms with Gasteiger partial charge in [0.15, 0.2) is 5.78 Å². The van der Waals surface area contributed by atoms with Gasteiger partial charge in [0.2, 0.25) is 11.8 Å². The van der Waals surface area contributed by atoms with Crippen molar-refractivity contribution < 1.29 is 23.2 Å². The number of carbonyl (C=O) groups is 3. The monoisotopic (exact) mass is 557 g/mol. The van der Waals surface area contributed by atoms with Crippen LogP contribution < -0.4 is 5.32 Å². The molecule has 1 aliphatic carbocycles. The summed E-state index contributed by atoms with van der Waals surface area (Å²) in [5.41, 5.74) is 2.59. The van der Waals surface area contributed by atoms with E-state index in [-0.39, 0.29) is 23.5 Å². The van der Waals surface area contributed by atoms with E-state index in [9.17, 15) is 23.2 Å². The van der Waals surface area contributed by atoms with Gasteiger partial charge in [-0.2, -0.15) is 0 Å². The molecule has 41 heavy (non-hydrogen) atoms. The zero-order chi connectivity index (χ0) is 28.7. The second kappa shape index (κ2) is 11.2. The number of likely N-dealkylation sites (tertiary alicyclic amines) is 1. The highest BCUT2D eigenvalue weighted by atomic mass is 19.1. The van der Waals surface area contributed by atoms with Gasteiger partial charge in [0.1, 0.15) is 17.7 Å². The van der Waals surface area contributed by atoms with Gasteiger partial charge in [-0.3, -0.25) is 14.4 Å². The minimum absolute atomic E-state index is 0.167. The first kappa shape index (κ1) is 27.3. The van der Waals surface area contributed by atoms with Crippen molar-refractivity contribution >= 4 is 17.6 Å². The van der Waals surface area contributed by atoms with E-state index in [4.69, 9.17) is 0 Å². The molecular weight excluding hydrogens is 524 g/mol.